The van der Waals surface area contributed by atoms with E-state index in [2.05, 4.69) is 15.6 Å². The van der Waals surface area contributed by atoms with E-state index in [0.29, 0.717) is 18.5 Å². The number of pyridine rings is 1. The van der Waals surface area contributed by atoms with E-state index in [1.807, 2.05) is 18.2 Å². The number of aliphatic hydroxyl groups excluding tert-OH is 1. The number of rotatable bonds is 6. The van der Waals surface area contributed by atoms with Crippen LogP contribution < -0.4 is 10.6 Å². The zero-order chi connectivity index (χ0) is 16.7. The molecular weight excluding hydrogens is 297 g/mol. The molecule has 0 saturated carbocycles. The maximum absolute atomic E-state index is 12.9. The van der Waals surface area contributed by atoms with Gasteiger partial charge >= 0.3 is 6.03 Å². The second kappa shape index (κ2) is 8.24. The largest absolute Gasteiger partial charge is 0.386 e. The number of carbonyl (C=O) groups is 1. The number of hydrogen-bond acceptors (Lipinski definition) is 3. The van der Waals surface area contributed by atoms with Crippen LogP contribution in [0.3, 0.4) is 0 Å². The maximum Gasteiger partial charge on any atom is 0.315 e. The Hall–Kier alpha value is -2.47. The molecule has 0 aliphatic heterocycles. The van der Waals surface area contributed by atoms with Gasteiger partial charge in [0.15, 0.2) is 0 Å². The molecule has 0 radical (unpaired) electrons. The quantitative estimate of drug-likeness (QED) is 0.764. The van der Waals surface area contributed by atoms with Crippen molar-refractivity contribution in [2.45, 2.75) is 25.5 Å². The van der Waals surface area contributed by atoms with Crippen molar-refractivity contribution in [3.8, 4) is 0 Å². The van der Waals surface area contributed by atoms with Crippen molar-refractivity contribution in [2.75, 3.05) is 6.54 Å². The van der Waals surface area contributed by atoms with E-state index < -0.39 is 12.1 Å². The summed E-state index contributed by atoms with van der Waals surface area (Å²) in [5, 5.41) is 15.5. The number of benzene rings is 1. The van der Waals surface area contributed by atoms with Crippen LogP contribution in [0, 0.1) is 5.82 Å². The molecule has 0 fully saturated rings. The molecule has 0 unspecified atom stereocenters. The molecule has 2 atom stereocenters. The molecule has 1 heterocycles. The monoisotopic (exact) mass is 317 g/mol. The molecule has 0 spiro atoms. The van der Waals surface area contributed by atoms with Gasteiger partial charge in [0.2, 0.25) is 0 Å². The van der Waals surface area contributed by atoms with Crippen molar-refractivity contribution in [3.05, 3.63) is 65.7 Å². The summed E-state index contributed by atoms with van der Waals surface area (Å²) in [7, 11) is 0. The molecule has 2 rings (SSSR count). The third-order valence-corrected chi connectivity index (χ3v) is 3.44. The molecule has 2 amide bonds. The van der Waals surface area contributed by atoms with Crippen LogP contribution in [-0.2, 0) is 6.42 Å². The molecule has 23 heavy (non-hydrogen) atoms. The maximum atomic E-state index is 12.9. The second-order valence-corrected chi connectivity index (χ2v) is 5.26. The molecule has 6 heteroatoms. The molecule has 1 aromatic heterocycles. The Labute approximate surface area is 134 Å². The molecule has 2 aromatic rings. The number of nitrogens with one attached hydrogen (secondary N) is 2. The highest BCUT2D eigenvalue weighted by molar-refractivity contribution is 5.74. The number of aromatic nitrogens is 1. The molecule has 5 nitrogen and oxygen atoms in total. The van der Waals surface area contributed by atoms with Gasteiger partial charge in [-0.25, -0.2) is 9.18 Å². The highest BCUT2D eigenvalue weighted by Gasteiger charge is 2.18. The van der Waals surface area contributed by atoms with Gasteiger partial charge in [-0.05, 0) is 36.8 Å². The predicted molar refractivity (Wildman–Crippen MR) is 85.3 cm³/mol. The Morgan fingerprint density at radius 2 is 2.00 bits per heavy atom. The van der Waals surface area contributed by atoms with Gasteiger partial charge < -0.3 is 15.7 Å². The van der Waals surface area contributed by atoms with Crippen molar-refractivity contribution in [1.82, 2.24) is 15.6 Å². The van der Waals surface area contributed by atoms with Gasteiger partial charge in [-0.3, -0.25) is 4.98 Å². The highest BCUT2D eigenvalue weighted by Crippen LogP contribution is 2.16. The third-order valence-electron chi connectivity index (χ3n) is 3.44. The molecular formula is C17H20FN3O2. The number of aliphatic hydroxyl groups is 1. The van der Waals surface area contributed by atoms with Gasteiger partial charge in [-0.15, -0.1) is 0 Å². The van der Waals surface area contributed by atoms with E-state index in [1.54, 1.807) is 13.1 Å². The fraction of sp³-hybridized carbons (Fsp3) is 0.294. The molecule has 3 N–H and O–H groups in total. The van der Waals surface area contributed by atoms with Gasteiger partial charge in [0.1, 0.15) is 5.82 Å². The second-order valence-electron chi connectivity index (χ2n) is 5.26. The topological polar surface area (TPSA) is 74.2 Å². The lowest BCUT2D eigenvalue weighted by Crippen LogP contribution is -2.44. The van der Waals surface area contributed by atoms with Gasteiger partial charge in [-0.1, -0.05) is 18.2 Å². The minimum Gasteiger partial charge on any atom is -0.386 e. The van der Waals surface area contributed by atoms with Crippen LogP contribution in [-0.4, -0.2) is 28.7 Å². The summed E-state index contributed by atoms with van der Waals surface area (Å²) in [6.45, 7) is 2.13. The Morgan fingerprint density at radius 3 is 2.65 bits per heavy atom. The van der Waals surface area contributed by atoms with E-state index in [9.17, 15) is 14.3 Å². The SMILES string of the molecule is C[C@@H](NC(=O)NCCc1ccccn1)[C@H](O)c1ccc(F)cc1. The molecule has 122 valence electrons. The van der Waals surface area contributed by atoms with Gasteiger partial charge in [0, 0.05) is 24.9 Å². The van der Waals surface area contributed by atoms with Crippen molar-refractivity contribution in [3.63, 3.8) is 0 Å². The predicted octanol–water partition coefficient (Wildman–Crippen LogP) is 2.18. The Morgan fingerprint density at radius 1 is 1.26 bits per heavy atom. The summed E-state index contributed by atoms with van der Waals surface area (Å²) in [6.07, 6.45) is 1.43. The molecule has 0 saturated heterocycles. The Kier molecular flexibility index (Phi) is 6.05. The third kappa shape index (κ3) is 5.34. The Bertz CT molecular complexity index is 619. The van der Waals surface area contributed by atoms with Crippen LogP contribution in [0.15, 0.2) is 48.7 Å². The summed E-state index contributed by atoms with van der Waals surface area (Å²) in [5.74, 6) is -0.367. The summed E-state index contributed by atoms with van der Waals surface area (Å²) in [5.41, 5.74) is 1.44. The van der Waals surface area contributed by atoms with Gasteiger partial charge in [0.05, 0.1) is 12.1 Å². The van der Waals surface area contributed by atoms with E-state index in [1.165, 1.54) is 24.3 Å². The number of amides is 2. The van der Waals surface area contributed by atoms with E-state index in [0.717, 1.165) is 5.69 Å². The zero-order valence-electron chi connectivity index (χ0n) is 12.9. The van der Waals surface area contributed by atoms with Crippen LogP contribution in [0.4, 0.5) is 9.18 Å². The van der Waals surface area contributed by atoms with Gasteiger partial charge in [-0.2, -0.15) is 0 Å². The fourth-order valence-corrected chi connectivity index (χ4v) is 2.14. The first kappa shape index (κ1) is 16.9. The summed E-state index contributed by atoms with van der Waals surface area (Å²) in [4.78, 5) is 16.0. The van der Waals surface area contributed by atoms with Crippen LogP contribution in [0.25, 0.3) is 0 Å². The molecule has 1 aromatic carbocycles. The first-order chi connectivity index (χ1) is 11.1. The minimum absolute atomic E-state index is 0.366. The zero-order valence-corrected chi connectivity index (χ0v) is 12.9. The van der Waals surface area contributed by atoms with Crippen molar-refractivity contribution in [1.29, 1.82) is 0 Å². The van der Waals surface area contributed by atoms with Gasteiger partial charge in [0.25, 0.3) is 0 Å². The average Bonchev–Trinajstić information content (AvgIpc) is 2.56. The first-order valence-corrected chi connectivity index (χ1v) is 7.44. The Balaban J connectivity index is 1.76. The first-order valence-electron chi connectivity index (χ1n) is 7.44. The fourth-order valence-electron chi connectivity index (χ4n) is 2.14. The highest BCUT2D eigenvalue weighted by atomic mass is 19.1. The lowest BCUT2D eigenvalue weighted by Gasteiger charge is -2.21. The van der Waals surface area contributed by atoms with E-state index >= 15 is 0 Å². The van der Waals surface area contributed by atoms with Crippen LogP contribution >= 0.6 is 0 Å². The van der Waals surface area contributed by atoms with E-state index in [4.69, 9.17) is 0 Å². The lowest BCUT2D eigenvalue weighted by atomic mass is 10.0. The molecule has 0 aliphatic carbocycles. The minimum atomic E-state index is -0.905. The van der Waals surface area contributed by atoms with Crippen molar-refractivity contribution in [2.24, 2.45) is 0 Å². The average molecular weight is 317 g/mol. The van der Waals surface area contributed by atoms with Crippen LogP contribution in [0.2, 0.25) is 0 Å². The summed E-state index contributed by atoms with van der Waals surface area (Å²) in [6, 6.07) is 10.3. The smallest absolute Gasteiger partial charge is 0.315 e. The van der Waals surface area contributed by atoms with Crippen LogP contribution in [0.5, 0.6) is 0 Å². The molecule has 0 bridgehead atoms. The van der Waals surface area contributed by atoms with Crippen molar-refractivity contribution >= 4 is 6.03 Å². The number of halogens is 1. The normalized spacial score (nSPS) is 13.2. The lowest BCUT2D eigenvalue weighted by molar-refractivity contribution is 0.137. The van der Waals surface area contributed by atoms with E-state index in [-0.39, 0.29) is 11.8 Å². The standard InChI is InChI=1S/C17H20FN3O2/c1-12(16(22)13-5-7-14(18)8-6-13)21-17(23)20-11-9-15-4-2-3-10-19-15/h2-8,10,12,16,22H,9,11H2,1H3,(H2,20,21,23)/t12-,16+/m1/s1. The number of nitrogens with zero attached hydrogens (tertiary/aromatic N) is 1. The summed E-state index contributed by atoms with van der Waals surface area (Å²) < 4.78 is 12.9. The van der Waals surface area contributed by atoms with Crippen molar-refractivity contribution < 1.29 is 14.3 Å². The molecule has 0 aliphatic rings. The number of carbonyl (C=O) groups excluding carboxylic acids is 1. The number of hydrogen-bond donors (Lipinski definition) is 3. The summed E-state index contributed by atoms with van der Waals surface area (Å²) >= 11 is 0. The number of urea groups is 1. The van der Waals surface area contributed by atoms with Crippen LogP contribution in [0.1, 0.15) is 24.3 Å².